The first-order valence-corrected chi connectivity index (χ1v) is 5.50. The Bertz CT molecular complexity index is 595. The minimum absolute atomic E-state index is 0.926. The maximum atomic E-state index is 4.25. The number of hydrogen-bond acceptors (Lipinski definition) is 3. The van der Waals surface area contributed by atoms with Gasteiger partial charge >= 0.3 is 0 Å². The Morgan fingerprint density at radius 2 is 2.27 bits per heavy atom. The predicted octanol–water partition coefficient (Wildman–Crippen LogP) is 2.99. The summed E-state index contributed by atoms with van der Waals surface area (Å²) >= 11 is 1.71. The number of hydrogen-bond donors (Lipinski definition) is 1. The minimum atomic E-state index is 0.926. The Labute approximate surface area is 90.8 Å². The van der Waals surface area contributed by atoms with Crippen molar-refractivity contribution in [3.63, 3.8) is 0 Å². The molecule has 3 aromatic heterocycles. The maximum Gasteiger partial charge on any atom is 0.147 e. The van der Waals surface area contributed by atoms with Crippen LogP contribution in [-0.4, -0.2) is 15.0 Å². The lowest BCUT2D eigenvalue weighted by molar-refractivity contribution is 1.31. The molecule has 3 rings (SSSR count). The minimum Gasteiger partial charge on any atom is -0.344 e. The van der Waals surface area contributed by atoms with Gasteiger partial charge in [0.1, 0.15) is 5.82 Å². The number of fused-ring (bicyclic) bond motifs is 1. The third-order valence-corrected chi connectivity index (χ3v) is 3.45. The molecule has 0 aromatic carbocycles. The van der Waals surface area contributed by atoms with Crippen molar-refractivity contribution in [2.45, 2.75) is 6.92 Å². The molecule has 0 aliphatic carbocycles. The molecule has 0 bridgehead atoms. The highest BCUT2D eigenvalue weighted by Crippen LogP contribution is 2.32. The lowest BCUT2D eigenvalue weighted by atomic mass is 10.2. The summed E-state index contributed by atoms with van der Waals surface area (Å²) in [7, 11) is 0. The zero-order valence-corrected chi connectivity index (χ0v) is 9.01. The van der Waals surface area contributed by atoms with Gasteiger partial charge in [-0.1, -0.05) is 0 Å². The van der Waals surface area contributed by atoms with Crippen molar-refractivity contribution in [3.8, 4) is 10.7 Å². The fraction of sp³-hybridized carbons (Fsp3) is 0.0909. The number of imidazole rings is 1. The second-order valence-electron chi connectivity index (χ2n) is 3.42. The molecule has 0 saturated heterocycles. The van der Waals surface area contributed by atoms with E-state index in [1.165, 1.54) is 15.6 Å². The molecule has 0 aliphatic rings. The summed E-state index contributed by atoms with van der Waals surface area (Å²) in [5.74, 6) is 0.926. The van der Waals surface area contributed by atoms with Crippen LogP contribution in [0.3, 0.4) is 0 Å². The number of nitrogens with zero attached hydrogens (tertiary/aromatic N) is 2. The summed E-state index contributed by atoms with van der Waals surface area (Å²) in [5.41, 5.74) is 1.21. The highest BCUT2D eigenvalue weighted by atomic mass is 32.1. The Morgan fingerprint density at radius 3 is 3.00 bits per heavy atom. The van der Waals surface area contributed by atoms with Crippen LogP contribution in [0.4, 0.5) is 0 Å². The molecule has 0 atom stereocenters. The van der Waals surface area contributed by atoms with E-state index >= 15 is 0 Å². The molecule has 0 fully saturated rings. The third-order valence-electron chi connectivity index (χ3n) is 2.38. The van der Waals surface area contributed by atoms with Gasteiger partial charge in [0.2, 0.25) is 0 Å². The van der Waals surface area contributed by atoms with Gasteiger partial charge in [-0.05, 0) is 23.9 Å². The van der Waals surface area contributed by atoms with Crippen LogP contribution in [0.1, 0.15) is 5.56 Å². The first-order valence-electron chi connectivity index (χ1n) is 4.68. The third kappa shape index (κ3) is 1.34. The molecule has 4 heteroatoms. The molecule has 0 radical (unpaired) electrons. The first kappa shape index (κ1) is 8.61. The number of pyridine rings is 1. The van der Waals surface area contributed by atoms with Gasteiger partial charge in [-0.15, -0.1) is 11.3 Å². The van der Waals surface area contributed by atoms with E-state index in [1.807, 2.05) is 18.6 Å². The molecule has 0 unspecified atom stereocenters. The molecule has 3 nitrogen and oxygen atoms in total. The van der Waals surface area contributed by atoms with Gasteiger partial charge in [0.05, 0.1) is 9.58 Å². The number of aryl methyl sites for hydroxylation is 1. The van der Waals surface area contributed by atoms with E-state index in [4.69, 9.17) is 0 Å². The van der Waals surface area contributed by atoms with Crippen LogP contribution in [0.15, 0.2) is 30.9 Å². The zero-order valence-electron chi connectivity index (χ0n) is 8.19. The molecular weight excluding hydrogens is 206 g/mol. The summed E-state index contributed by atoms with van der Waals surface area (Å²) in [5, 5.41) is 1.27. The molecule has 0 aliphatic heterocycles. The second kappa shape index (κ2) is 3.17. The predicted molar refractivity (Wildman–Crippen MR) is 61.9 cm³/mol. The Kier molecular flexibility index (Phi) is 1.82. The van der Waals surface area contributed by atoms with Gasteiger partial charge in [0, 0.05) is 24.8 Å². The topological polar surface area (TPSA) is 41.6 Å². The molecule has 0 spiro atoms. The number of nitrogens with one attached hydrogen (secondary N) is 1. The van der Waals surface area contributed by atoms with Gasteiger partial charge in [0.15, 0.2) is 0 Å². The van der Waals surface area contributed by atoms with Crippen molar-refractivity contribution >= 4 is 21.4 Å². The lowest BCUT2D eigenvalue weighted by Gasteiger charge is -1.91. The molecule has 3 aromatic rings. The average Bonchev–Trinajstić information content (AvgIpc) is 2.86. The summed E-state index contributed by atoms with van der Waals surface area (Å²) in [6.07, 6.45) is 7.40. The quantitative estimate of drug-likeness (QED) is 0.678. The molecular formula is C11H9N3S. The van der Waals surface area contributed by atoms with Crippen LogP contribution in [0.5, 0.6) is 0 Å². The molecule has 3 heterocycles. The smallest absolute Gasteiger partial charge is 0.147 e. The molecule has 15 heavy (non-hydrogen) atoms. The Morgan fingerprint density at radius 1 is 1.33 bits per heavy atom. The standard InChI is InChI=1S/C11H9N3S/c1-7-5-12-6-10-8(7)4-9(15-10)11-13-2-3-14-11/h2-6H,1H3,(H,13,14). The van der Waals surface area contributed by atoms with E-state index in [2.05, 4.69) is 27.9 Å². The molecule has 0 amide bonds. The Balaban J connectivity index is 2.27. The van der Waals surface area contributed by atoms with Gasteiger partial charge in [-0.3, -0.25) is 4.98 Å². The van der Waals surface area contributed by atoms with Gasteiger partial charge in [0.25, 0.3) is 0 Å². The van der Waals surface area contributed by atoms with Crippen LogP contribution in [-0.2, 0) is 0 Å². The normalized spacial score (nSPS) is 11.0. The van der Waals surface area contributed by atoms with Crippen molar-refractivity contribution < 1.29 is 0 Å². The SMILES string of the molecule is Cc1cncc2sc(-c3ncc[nH]3)cc12. The van der Waals surface area contributed by atoms with E-state index in [-0.39, 0.29) is 0 Å². The number of H-pyrrole nitrogens is 1. The van der Waals surface area contributed by atoms with Crippen molar-refractivity contribution in [1.82, 2.24) is 15.0 Å². The van der Waals surface area contributed by atoms with Crippen LogP contribution in [0.2, 0.25) is 0 Å². The van der Waals surface area contributed by atoms with Crippen LogP contribution < -0.4 is 0 Å². The fourth-order valence-corrected chi connectivity index (χ4v) is 2.68. The number of thiophene rings is 1. The monoisotopic (exact) mass is 215 g/mol. The largest absolute Gasteiger partial charge is 0.344 e. The van der Waals surface area contributed by atoms with Crippen LogP contribution in [0, 0.1) is 6.92 Å². The van der Waals surface area contributed by atoms with Crippen LogP contribution in [0.25, 0.3) is 20.8 Å². The van der Waals surface area contributed by atoms with Crippen molar-refractivity contribution in [2.75, 3.05) is 0 Å². The summed E-state index contributed by atoms with van der Waals surface area (Å²) < 4.78 is 1.21. The van der Waals surface area contributed by atoms with Gasteiger partial charge in [-0.2, -0.15) is 0 Å². The molecule has 1 N–H and O–H groups in total. The first-order chi connectivity index (χ1) is 7.34. The second-order valence-corrected chi connectivity index (χ2v) is 4.50. The van der Waals surface area contributed by atoms with Crippen molar-refractivity contribution in [2.24, 2.45) is 0 Å². The average molecular weight is 215 g/mol. The van der Waals surface area contributed by atoms with Crippen molar-refractivity contribution in [3.05, 3.63) is 36.4 Å². The fourth-order valence-electron chi connectivity index (χ4n) is 1.61. The summed E-state index contributed by atoms with van der Waals surface area (Å²) in [6.45, 7) is 2.08. The van der Waals surface area contributed by atoms with Crippen LogP contribution >= 0.6 is 11.3 Å². The highest BCUT2D eigenvalue weighted by molar-refractivity contribution is 7.22. The number of aromatic amines is 1. The number of aromatic nitrogens is 3. The van der Waals surface area contributed by atoms with E-state index in [1.54, 1.807) is 17.5 Å². The van der Waals surface area contributed by atoms with E-state index in [0.29, 0.717) is 0 Å². The summed E-state index contributed by atoms with van der Waals surface area (Å²) in [4.78, 5) is 12.7. The van der Waals surface area contributed by atoms with Crippen molar-refractivity contribution in [1.29, 1.82) is 0 Å². The lowest BCUT2D eigenvalue weighted by Crippen LogP contribution is -1.75. The Hall–Kier alpha value is -1.68. The van der Waals surface area contributed by atoms with E-state index in [9.17, 15) is 0 Å². The van der Waals surface area contributed by atoms with E-state index < -0.39 is 0 Å². The van der Waals surface area contributed by atoms with E-state index in [0.717, 1.165) is 10.7 Å². The summed E-state index contributed by atoms with van der Waals surface area (Å²) in [6, 6.07) is 2.16. The van der Waals surface area contributed by atoms with Gasteiger partial charge < -0.3 is 4.98 Å². The molecule has 74 valence electrons. The zero-order chi connectivity index (χ0) is 10.3. The maximum absolute atomic E-state index is 4.25. The number of rotatable bonds is 1. The van der Waals surface area contributed by atoms with Gasteiger partial charge in [-0.25, -0.2) is 4.98 Å². The highest BCUT2D eigenvalue weighted by Gasteiger charge is 2.07. The molecule has 0 saturated carbocycles.